The number of nitrogens with one attached hydrogen (secondary N) is 3. The van der Waals surface area contributed by atoms with E-state index in [1.807, 2.05) is 0 Å². The smallest absolute Gasteiger partial charge is 0.193 e. The summed E-state index contributed by atoms with van der Waals surface area (Å²) in [5, 5.41) is 33.0. The lowest BCUT2D eigenvalue weighted by Gasteiger charge is -2.42. The Morgan fingerprint density at radius 3 is 1.62 bits per heavy atom. The molecule has 2 spiro atoms. The second-order valence-corrected chi connectivity index (χ2v) is 17.5. The predicted molar refractivity (Wildman–Crippen MR) is 235 cm³/mol. The molecular weight excluding hydrogens is 737 g/mol. The first-order valence-electron chi connectivity index (χ1n) is 21.1. The van der Waals surface area contributed by atoms with Crippen molar-refractivity contribution in [3.63, 3.8) is 0 Å². The van der Waals surface area contributed by atoms with E-state index >= 15 is 9.90 Å². The number of hydrogen-bond donors (Lipinski definition) is 3. The minimum atomic E-state index is -0.915. The third-order valence-corrected chi connectivity index (χ3v) is 14.8. The second kappa shape index (κ2) is 10.4. The lowest BCUT2D eigenvalue weighted by atomic mass is 9.78. The zero-order valence-electron chi connectivity index (χ0n) is 32.3. The first kappa shape index (κ1) is 31.5. The van der Waals surface area contributed by atoms with Crippen molar-refractivity contribution in [2.45, 2.75) is 37.0 Å². The van der Waals surface area contributed by atoms with Crippen LogP contribution in [0.25, 0.3) is 54.9 Å². The third-order valence-electron chi connectivity index (χ3n) is 14.8. The molecule has 0 amide bonds. The summed E-state index contributed by atoms with van der Waals surface area (Å²) in [6.07, 6.45) is 3.57. The van der Waals surface area contributed by atoms with Crippen LogP contribution in [0.3, 0.4) is 0 Å². The first-order valence-corrected chi connectivity index (χ1v) is 21.1. The highest BCUT2D eigenvalue weighted by atomic mass is 16.3. The normalized spacial score (nSPS) is 18.8. The molecule has 2 aliphatic heterocycles. The molecule has 6 heteroatoms. The lowest BCUT2D eigenvalue weighted by molar-refractivity contribution is -0.292. The third kappa shape index (κ3) is 3.49. The van der Waals surface area contributed by atoms with Crippen molar-refractivity contribution in [2.75, 3.05) is 16.0 Å². The van der Waals surface area contributed by atoms with Gasteiger partial charge in [-0.1, -0.05) is 115 Å². The zero-order valence-corrected chi connectivity index (χ0v) is 32.3. The molecule has 8 aromatic carbocycles. The van der Waals surface area contributed by atoms with Crippen LogP contribution in [-0.2, 0) is 41.8 Å². The van der Waals surface area contributed by atoms with E-state index in [0.29, 0.717) is 10.8 Å². The number of carbonyl (C=O) groups excluding carboxylic acids is 1. The largest absolute Gasteiger partial charge is 0.871 e. The van der Waals surface area contributed by atoms with Gasteiger partial charge in [0.15, 0.2) is 17.1 Å². The van der Waals surface area contributed by atoms with Crippen LogP contribution < -0.4 is 31.6 Å². The molecule has 3 N–H and O–H groups in total. The SMILES string of the molecule is O=C1C(c2cc3c4c(ccc5c4c2NC2(N5)c4ccccc4-c4ccccc42)CC3)=C([O-])/C1=c1/cc2c3c(ccc4c3c1=NC1(N4)c3ccccc3-c3ccccc31)CC2. The number of Topliss-reactive ketones (excluding diaryl/α,β-unsaturated/α-hetero) is 1. The van der Waals surface area contributed by atoms with Gasteiger partial charge >= 0.3 is 0 Å². The Morgan fingerprint density at radius 2 is 1.00 bits per heavy atom. The fourth-order valence-electron chi connectivity index (χ4n) is 12.3. The van der Waals surface area contributed by atoms with Crippen LogP contribution in [-0.4, -0.2) is 5.78 Å². The maximum Gasteiger partial charge on any atom is 0.193 e. The minimum Gasteiger partial charge on any atom is -0.871 e. The lowest BCUT2D eigenvalue weighted by Crippen LogP contribution is -2.46. The van der Waals surface area contributed by atoms with Gasteiger partial charge in [0, 0.05) is 66.3 Å². The molecule has 0 radical (unpaired) electrons. The molecule has 0 unspecified atom stereocenters. The molecule has 5 aliphatic carbocycles. The molecule has 7 aliphatic rings. The van der Waals surface area contributed by atoms with Crippen LogP contribution in [0.5, 0.6) is 0 Å². The molecule has 2 heterocycles. The van der Waals surface area contributed by atoms with Gasteiger partial charge in [-0.2, -0.15) is 0 Å². The Kier molecular flexibility index (Phi) is 5.47. The first-order chi connectivity index (χ1) is 29.5. The maximum atomic E-state index is 15.2. The van der Waals surface area contributed by atoms with E-state index in [4.69, 9.17) is 4.99 Å². The zero-order chi connectivity index (χ0) is 39.2. The number of fused-ring (bicyclic) bond motifs is 10. The van der Waals surface area contributed by atoms with Crippen LogP contribution in [0.2, 0.25) is 0 Å². The molecule has 15 rings (SSSR count). The Labute approximate surface area is 344 Å². The molecule has 0 saturated heterocycles. The standard InChI is InChI=1S/C54H34N4O2/c59-51-45(35-25-29-19-17-27-21-23-41-47(43(27)29)49(35)57-53(55-41)37-13-5-1-9-31(37)32-10-2-6-14-38(32)53)52(60)46(51)36-26-30-20-18-28-22-24-42-48(44(28)30)50(36)58-54(56-42)39-15-7-3-11-33(39)34-12-4-8-16-40(34)54/h1-16,21-26,55-57,59H,17-20H2/p-1/b46-36+. The monoisotopic (exact) mass is 769 g/mol. The van der Waals surface area contributed by atoms with E-state index in [1.165, 1.54) is 33.0 Å². The van der Waals surface area contributed by atoms with Gasteiger partial charge in [-0.3, -0.25) is 4.79 Å². The van der Waals surface area contributed by atoms with Crippen LogP contribution in [0.4, 0.5) is 17.1 Å². The molecule has 60 heavy (non-hydrogen) atoms. The molecule has 0 atom stereocenters. The number of hydrogen-bond acceptors (Lipinski definition) is 6. The highest BCUT2D eigenvalue weighted by Crippen LogP contribution is 2.57. The minimum absolute atomic E-state index is 0.214. The van der Waals surface area contributed by atoms with E-state index in [9.17, 15) is 0 Å². The van der Waals surface area contributed by atoms with Crippen molar-refractivity contribution >= 4 is 55.5 Å². The number of anilines is 3. The number of aryl methyl sites for hydroxylation is 4. The van der Waals surface area contributed by atoms with Gasteiger partial charge < -0.3 is 21.1 Å². The number of carbonyl (C=O) groups is 1. The fourth-order valence-corrected chi connectivity index (χ4v) is 12.3. The average molecular weight is 770 g/mol. The van der Waals surface area contributed by atoms with E-state index < -0.39 is 11.3 Å². The average Bonchev–Trinajstić information content (AvgIpc) is 4.04. The van der Waals surface area contributed by atoms with Crippen LogP contribution in [0.15, 0.2) is 144 Å². The van der Waals surface area contributed by atoms with Crippen molar-refractivity contribution in [3.05, 3.63) is 200 Å². The summed E-state index contributed by atoms with van der Waals surface area (Å²) in [6.45, 7) is 0. The van der Waals surface area contributed by atoms with Crippen LogP contribution in [0, 0.1) is 0 Å². The summed E-state index contributed by atoms with van der Waals surface area (Å²) >= 11 is 0. The van der Waals surface area contributed by atoms with Gasteiger partial charge in [-0.25, -0.2) is 4.99 Å². The summed E-state index contributed by atoms with van der Waals surface area (Å²) in [5.41, 5.74) is 16.2. The van der Waals surface area contributed by atoms with Crippen molar-refractivity contribution in [2.24, 2.45) is 4.99 Å². The summed E-state index contributed by atoms with van der Waals surface area (Å²) in [5.74, 6) is -0.428. The summed E-state index contributed by atoms with van der Waals surface area (Å²) < 4.78 is 0. The Bertz CT molecular complexity index is 3540. The molecule has 282 valence electrons. The maximum absolute atomic E-state index is 15.2. The highest BCUT2D eigenvalue weighted by Gasteiger charge is 2.49. The second-order valence-electron chi connectivity index (χ2n) is 17.5. The molecular formula is C54H33N4O2-. The number of benzene rings is 8. The molecule has 0 bridgehead atoms. The molecule has 0 saturated carbocycles. The number of allylic oxidation sites excluding steroid dienone is 2. The van der Waals surface area contributed by atoms with Gasteiger partial charge in [-0.05, 0) is 105 Å². The van der Waals surface area contributed by atoms with Crippen molar-refractivity contribution in [1.82, 2.24) is 0 Å². The molecule has 0 aromatic heterocycles. The van der Waals surface area contributed by atoms with Crippen molar-refractivity contribution in [3.8, 4) is 22.3 Å². The fraction of sp³-hybridized carbons (Fsp3) is 0.111. The Morgan fingerprint density at radius 1 is 0.483 bits per heavy atom. The molecule has 6 nitrogen and oxygen atoms in total. The van der Waals surface area contributed by atoms with E-state index in [1.54, 1.807) is 0 Å². The molecule has 0 fully saturated rings. The number of rotatable bonds is 1. The van der Waals surface area contributed by atoms with Crippen molar-refractivity contribution in [1.29, 1.82) is 0 Å². The van der Waals surface area contributed by atoms with Gasteiger partial charge in [0.1, 0.15) is 0 Å². The highest BCUT2D eigenvalue weighted by molar-refractivity contribution is 6.52. The van der Waals surface area contributed by atoms with Gasteiger partial charge in [-0.15, -0.1) is 0 Å². The van der Waals surface area contributed by atoms with E-state index in [2.05, 4.69) is 149 Å². The van der Waals surface area contributed by atoms with Gasteiger partial charge in [0.2, 0.25) is 0 Å². The quantitative estimate of drug-likeness (QED) is 0.156. The predicted octanol–water partition coefficient (Wildman–Crippen LogP) is 8.34. The number of ketones is 1. The molecule has 8 aromatic rings. The van der Waals surface area contributed by atoms with E-state index in [-0.39, 0.29) is 22.7 Å². The number of nitrogens with zero attached hydrogens (tertiary/aromatic N) is 1. The Balaban J connectivity index is 1.02. The van der Waals surface area contributed by atoms with Gasteiger partial charge in [0.05, 0.1) is 11.0 Å². The summed E-state index contributed by atoms with van der Waals surface area (Å²) in [7, 11) is 0. The Hall–Kier alpha value is -7.44. The van der Waals surface area contributed by atoms with Crippen molar-refractivity contribution < 1.29 is 9.90 Å². The van der Waals surface area contributed by atoms with Crippen LogP contribution >= 0.6 is 0 Å². The van der Waals surface area contributed by atoms with E-state index in [0.717, 1.165) is 103 Å². The topological polar surface area (TPSA) is 88.6 Å². The van der Waals surface area contributed by atoms with Crippen LogP contribution in [0.1, 0.15) is 50.1 Å². The summed E-state index contributed by atoms with van der Waals surface area (Å²) in [6, 6.07) is 47.1. The van der Waals surface area contributed by atoms with Gasteiger partial charge in [0.25, 0.3) is 0 Å². The summed E-state index contributed by atoms with van der Waals surface area (Å²) in [4.78, 5) is 20.9.